The molecule has 0 aliphatic carbocycles. The Hall–Kier alpha value is -1.09. The van der Waals surface area contributed by atoms with Crippen LogP contribution in [0.3, 0.4) is 0 Å². The van der Waals surface area contributed by atoms with E-state index in [4.69, 9.17) is 4.74 Å². The first-order chi connectivity index (χ1) is 8.09. The highest BCUT2D eigenvalue weighted by Crippen LogP contribution is 2.30. The maximum atomic E-state index is 5.42. The first-order valence-electron chi connectivity index (χ1n) is 6.35. The van der Waals surface area contributed by atoms with E-state index in [0.717, 1.165) is 49.7 Å². The molecule has 0 aromatic carbocycles. The van der Waals surface area contributed by atoms with E-state index in [2.05, 4.69) is 36.3 Å². The zero-order chi connectivity index (χ0) is 12.3. The minimum atomic E-state index is 0.357. The lowest BCUT2D eigenvalue weighted by Crippen LogP contribution is -2.33. The smallest absolute Gasteiger partial charge is 0.0606 e. The Labute approximate surface area is 104 Å². The number of hydrogen-bond donors (Lipinski definition) is 1. The largest absolute Gasteiger partial charge is 0.383 e. The topological polar surface area (TPSA) is 34.1 Å². The van der Waals surface area contributed by atoms with Gasteiger partial charge in [0, 0.05) is 25.5 Å². The van der Waals surface area contributed by atoms with E-state index in [1.165, 1.54) is 0 Å². The third kappa shape index (κ3) is 3.19. The van der Waals surface area contributed by atoms with E-state index in [-0.39, 0.29) is 0 Å². The van der Waals surface area contributed by atoms with Gasteiger partial charge in [0.1, 0.15) is 0 Å². The molecule has 1 aliphatic heterocycles. The van der Waals surface area contributed by atoms with Crippen molar-refractivity contribution in [3.05, 3.63) is 23.5 Å². The van der Waals surface area contributed by atoms with Gasteiger partial charge in [0.05, 0.1) is 11.4 Å². The van der Waals surface area contributed by atoms with Crippen LogP contribution in [-0.4, -0.2) is 24.7 Å². The summed E-state index contributed by atoms with van der Waals surface area (Å²) >= 11 is 0. The lowest BCUT2D eigenvalue weighted by molar-refractivity contribution is 0.0300. The van der Waals surface area contributed by atoms with Crippen LogP contribution in [0.2, 0.25) is 0 Å². The van der Waals surface area contributed by atoms with Crippen LogP contribution in [0.5, 0.6) is 0 Å². The van der Waals surface area contributed by atoms with Gasteiger partial charge in [0.15, 0.2) is 0 Å². The maximum absolute atomic E-state index is 5.42. The molecular formula is C14H22N2O. The number of hydrogen-bond acceptors (Lipinski definition) is 3. The number of aryl methyl sites for hydroxylation is 2. The van der Waals surface area contributed by atoms with Crippen LogP contribution in [0.25, 0.3) is 0 Å². The third-order valence-electron chi connectivity index (χ3n) is 3.63. The monoisotopic (exact) mass is 234 g/mol. The molecule has 3 heteroatoms. The van der Waals surface area contributed by atoms with Gasteiger partial charge in [0.25, 0.3) is 0 Å². The van der Waals surface area contributed by atoms with Crippen LogP contribution >= 0.6 is 0 Å². The van der Waals surface area contributed by atoms with Crippen LogP contribution in [0.15, 0.2) is 12.1 Å². The summed E-state index contributed by atoms with van der Waals surface area (Å²) in [5.74, 6) is 0. The van der Waals surface area contributed by atoms with Gasteiger partial charge >= 0.3 is 0 Å². The quantitative estimate of drug-likeness (QED) is 0.873. The summed E-state index contributed by atoms with van der Waals surface area (Å²) in [4.78, 5) is 4.47. The van der Waals surface area contributed by atoms with Crippen LogP contribution < -0.4 is 5.32 Å². The molecule has 1 saturated heterocycles. The van der Waals surface area contributed by atoms with Gasteiger partial charge in [-0.1, -0.05) is 6.92 Å². The van der Waals surface area contributed by atoms with Crippen LogP contribution in [0, 0.1) is 19.3 Å². The molecule has 1 fully saturated rings. The molecular weight excluding hydrogens is 212 g/mol. The maximum Gasteiger partial charge on any atom is 0.0606 e. The van der Waals surface area contributed by atoms with E-state index >= 15 is 0 Å². The highest BCUT2D eigenvalue weighted by molar-refractivity contribution is 5.47. The van der Waals surface area contributed by atoms with E-state index in [0.29, 0.717) is 5.41 Å². The Balaban J connectivity index is 1.97. The Morgan fingerprint density at radius 1 is 1.29 bits per heavy atom. The van der Waals surface area contributed by atoms with Gasteiger partial charge in [-0.3, -0.25) is 4.98 Å². The SMILES string of the molecule is Cc1ccc(NCC2(C)CCOCC2)c(C)n1. The fourth-order valence-corrected chi connectivity index (χ4v) is 2.22. The third-order valence-corrected chi connectivity index (χ3v) is 3.63. The summed E-state index contributed by atoms with van der Waals surface area (Å²) in [7, 11) is 0. The molecule has 0 saturated carbocycles. The summed E-state index contributed by atoms with van der Waals surface area (Å²) in [5, 5.41) is 3.53. The molecule has 2 rings (SSSR count). The van der Waals surface area contributed by atoms with Crippen molar-refractivity contribution < 1.29 is 4.74 Å². The number of anilines is 1. The zero-order valence-electron chi connectivity index (χ0n) is 11.0. The molecule has 0 bridgehead atoms. The lowest BCUT2D eigenvalue weighted by Gasteiger charge is -2.34. The molecule has 0 spiro atoms. The highest BCUT2D eigenvalue weighted by atomic mass is 16.5. The van der Waals surface area contributed by atoms with Crippen molar-refractivity contribution in [2.24, 2.45) is 5.41 Å². The number of pyridine rings is 1. The Bertz CT molecular complexity index is 384. The molecule has 17 heavy (non-hydrogen) atoms. The van der Waals surface area contributed by atoms with Gasteiger partial charge < -0.3 is 10.1 Å². The average molecular weight is 234 g/mol. The molecule has 1 aromatic heterocycles. The van der Waals surface area contributed by atoms with Crippen LogP contribution in [0.1, 0.15) is 31.2 Å². The number of aromatic nitrogens is 1. The minimum Gasteiger partial charge on any atom is -0.383 e. The van der Waals surface area contributed by atoms with Crippen molar-refractivity contribution >= 4 is 5.69 Å². The number of rotatable bonds is 3. The summed E-state index contributed by atoms with van der Waals surface area (Å²) in [6.45, 7) is 9.20. The van der Waals surface area contributed by atoms with E-state index in [1.807, 2.05) is 6.92 Å². The average Bonchev–Trinajstić information content (AvgIpc) is 2.29. The molecule has 0 atom stereocenters. The molecule has 0 unspecified atom stereocenters. The van der Waals surface area contributed by atoms with Crippen LogP contribution in [-0.2, 0) is 4.74 Å². The molecule has 1 aliphatic rings. The molecule has 1 N–H and O–H groups in total. The van der Waals surface area contributed by atoms with Gasteiger partial charge in [0.2, 0.25) is 0 Å². The fourth-order valence-electron chi connectivity index (χ4n) is 2.22. The van der Waals surface area contributed by atoms with E-state index in [9.17, 15) is 0 Å². The van der Waals surface area contributed by atoms with E-state index in [1.54, 1.807) is 0 Å². The van der Waals surface area contributed by atoms with Crippen molar-refractivity contribution in [3.8, 4) is 0 Å². The van der Waals surface area contributed by atoms with Gasteiger partial charge in [-0.25, -0.2) is 0 Å². The zero-order valence-corrected chi connectivity index (χ0v) is 11.0. The molecule has 1 aromatic rings. The molecule has 0 amide bonds. The lowest BCUT2D eigenvalue weighted by atomic mass is 9.82. The second kappa shape index (κ2) is 5.05. The number of nitrogens with one attached hydrogen (secondary N) is 1. The number of ether oxygens (including phenoxy) is 1. The molecule has 3 nitrogen and oxygen atoms in total. The first-order valence-corrected chi connectivity index (χ1v) is 6.35. The van der Waals surface area contributed by atoms with Crippen molar-refractivity contribution in [1.82, 2.24) is 4.98 Å². The predicted molar refractivity (Wildman–Crippen MR) is 70.4 cm³/mol. The Morgan fingerprint density at radius 2 is 2.00 bits per heavy atom. The van der Waals surface area contributed by atoms with Crippen LogP contribution in [0.4, 0.5) is 5.69 Å². The minimum absolute atomic E-state index is 0.357. The summed E-state index contributed by atoms with van der Waals surface area (Å²) in [6.07, 6.45) is 2.27. The standard InChI is InChI=1S/C14H22N2O/c1-11-4-5-13(12(2)16-11)15-10-14(3)6-8-17-9-7-14/h4-5,15H,6-10H2,1-3H3. The van der Waals surface area contributed by atoms with Gasteiger partial charge in [-0.05, 0) is 44.2 Å². The summed E-state index contributed by atoms with van der Waals surface area (Å²) in [6, 6.07) is 4.18. The second-order valence-corrected chi connectivity index (χ2v) is 5.36. The Kier molecular flexibility index (Phi) is 3.67. The van der Waals surface area contributed by atoms with Gasteiger partial charge in [-0.2, -0.15) is 0 Å². The van der Waals surface area contributed by atoms with Gasteiger partial charge in [-0.15, -0.1) is 0 Å². The molecule has 94 valence electrons. The second-order valence-electron chi connectivity index (χ2n) is 5.36. The predicted octanol–water partition coefficient (Wildman–Crippen LogP) is 2.93. The normalized spacial score (nSPS) is 19.0. The van der Waals surface area contributed by atoms with Crippen molar-refractivity contribution in [3.63, 3.8) is 0 Å². The number of nitrogens with zero attached hydrogens (tertiary/aromatic N) is 1. The molecule has 2 heterocycles. The molecule has 0 radical (unpaired) electrons. The summed E-state index contributed by atoms with van der Waals surface area (Å²) in [5.41, 5.74) is 3.67. The Morgan fingerprint density at radius 3 is 2.65 bits per heavy atom. The highest BCUT2D eigenvalue weighted by Gasteiger charge is 2.27. The summed E-state index contributed by atoms with van der Waals surface area (Å²) < 4.78 is 5.42. The first kappa shape index (κ1) is 12.4. The fraction of sp³-hybridized carbons (Fsp3) is 0.643. The van der Waals surface area contributed by atoms with Crippen molar-refractivity contribution in [2.45, 2.75) is 33.6 Å². The van der Waals surface area contributed by atoms with Crippen molar-refractivity contribution in [2.75, 3.05) is 25.1 Å². The van der Waals surface area contributed by atoms with E-state index < -0.39 is 0 Å². The van der Waals surface area contributed by atoms with Crippen molar-refractivity contribution in [1.29, 1.82) is 0 Å².